The topological polar surface area (TPSA) is 72.2 Å². The van der Waals surface area contributed by atoms with Gasteiger partial charge in [0.1, 0.15) is 0 Å². The fourth-order valence-electron chi connectivity index (χ4n) is 1.29. The van der Waals surface area contributed by atoms with Crippen molar-refractivity contribution in [3.63, 3.8) is 0 Å². The number of hydrogen-bond donors (Lipinski definition) is 1. The third-order valence-electron chi connectivity index (χ3n) is 2.32. The average Bonchev–Trinajstić information content (AvgIpc) is 3.01. The van der Waals surface area contributed by atoms with Gasteiger partial charge in [0.25, 0.3) is 11.6 Å². The van der Waals surface area contributed by atoms with Crippen LogP contribution in [0.1, 0.15) is 23.2 Å². The van der Waals surface area contributed by atoms with E-state index in [0.717, 1.165) is 12.8 Å². The molecule has 0 atom stereocenters. The van der Waals surface area contributed by atoms with E-state index in [4.69, 9.17) is 11.6 Å². The van der Waals surface area contributed by atoms with Gasteiger partial charge in [-0.25, -0.2) is 0 Å². The van der Waals surface area contributed by atoms with E-state index in [2.05, 4.69) is 5.32 Å². The highest BCUT2D eigenvalue weighted by Gasteiger charge is 2.25. The molecule has 0 unspecified atom stereocenters. The van der Waals surface area contributed by atoms with Crippen LogP contribution in [0, 0.1) is 10.1 Å². The summed E-state index contributed by atoms with van der Waals surface area (Å²) >= 11 is 5.82. The molecule has 0 aromatic heterocycles. The first kappa shape index (κ1) is 10.9. The van der Waals surface area contributed by atoms with Crippen molar-refractivity contribution in [3.8, 4) is 0 Å². The average molecular weight is 241 g/mol. The highest BCUT2D eigenvalue weighted by Crippen LogP contribution is 2.24. The van der Waals surface area contributed by atoms with Gasteiger partial charge in [-0.05, 0) is 18.9 Å². The maximum absolute atomic E-state index is 11.7. The molecule has 6 heteroatoms. The molecule has 0 spiro atoms. The number of non-ortho nitro benzene ring substituents is 1. The Hall–Kier alpha value is -1.62. The first-order valence-corrected chi connectivity index (χ1v) is 5.20. The Morgan fingerprint density at radius 1 is 1.50 bits per heavy atom. The lowest BCUT2D eigenvalue weighted by molar-refractivity contribution is -0.384. The fraction of sp³-hybridized carbons (Fsp3) is 0.300. The Kier molecular flexibility index (Phi) is 2.78. The highest BCUT2D eigenvalue weighted by atomic mass is 35.5. The predicted molar refractivity (Wildman–Crippen MR) is 58.6 cm³/mol. The van der Waals surface area contributed by atoms with Gasteiger partial charge < -0.3 is 5.32 Å². The van der Waals surface area contributed by atoms with E-state index in [1.807, 2.05) is 0 Å². The predicted octanol–water partition coefficient (Wildman–Crippen LogP) is 2.14. The minimum absolute atomic E-state index is 0.134. The SMILES string of the molecule is O=C(NC1CC1)c1cc([N+](=O)[O-])ccc1Cl. The van der Waals surface area contributed by atoms with Gasteiger partial charge in [0.2, 0.25) is 0 Å². The zero-order chi connectivity index (χ0) is 11.7. The number of hydrogen-bond acceptors (Lipinski definition) is 3. The smallest absolute Gasteiger partial charge is 0.270 e. The van der Waals surface area contributed by atoms with E-state index >= 15 is 0 Å². The zero-order valence-electron chi connectivity index (χ0n) is 8.27. The molecule has 1 aromatic carbocycles. The molecule has 1 aliphatic rings. The third kappa shape index (κ3) is 2.30. The van der Waals surface area contributed by atoms with Crippen LogP contribution in [0.25, 0.3) is 0 Å². The van der Waals surface area contributed by atoms with Crippen molar-refractivity contribution in [2.45, 2.75) is 18.9 Å². The lowest BCUT2D eigenvalue weighted by Crippen LogP contribution is -2.25. The van der Waals surface area contributed by atoms with Crippen LogP contribution in [0.15, 0.2) is 18.2 Å². The van der Waals surface area contributed by atoms with Gasteiger partial charge in [-0.2, -0.15) is 0 Å². The molecular formula is C10H9ClN2O3. The molecule has 1 aliphatic carbocycles. The fourth-order valence-corrected chi connectivity index (χ4v) is 1.50. The largest absolute Gasteiger partial charge is 0.349 e. The van der Waals surface area contributed by atoms with Crippen LogP contribution in [-0.4, -0.2) is 16.9 Å². The maximum Gasteiger partial charge on any atom is 0.270 e. The third-order valence-corrected chi connectivity index (χ3v) is 2.65. The van der Waals surface area contributed by atoms with E-state index < -0.39 is 4.92 Å². The number of carbonyl (C=O) groups is 1. The number of benzene rings is 1. The van der Waals surface area contributed by atoms with Gasteiger partial charge in [-0.15, -0.1) is 0 Å². The Balaban J connectivity index is 2.26. The first-order valence-electron chi connectivity index (χ1n) is 4.83. The second kappa shape index (κ2) is 4.09. The van der Waals surface area contributed by atoms with Crippen molar-refractivity contribution in [2.24, 2.45) is 0 Å². The number of halogens is 1. The second-order valence-corrected chi connectivity index (χ2v) is 4.08. The van der Waals surface area contributed by atoms with Crippen molar-refractivity contribution in [3.05, 3.63) is 38.9 Å². The summed E-state index contributed by atoms with van der Waals surface area (Å²) in [5.41, 5.74) is 0.0214. The number of rotatable bonds is 3. The summed E-state index contributed by atoms with van der Waals surface area (Å²) in [5, 5.41) is 13.5. The molecule has 2 rings (SSSR count). The Labute approximate surface area is 96.6 Å². The van der Waals surface area contributed by atoms with E-state index in [1.165, 1.54) is 18.2 Å². The molecular weight excluding hydrogens is 232 g/mol. The number of amides is 1. The summed E-state index contributed by atoms with van der Waals surface area (Å²) in [7, 11) is 0. The molecule has 0 bridgehead atoms. The summed E-state index contributed by atoms with van der Waals surface area (Å²) < 4.78 is 0. The summed E-state index contributed by atoms with van der Waals surface area (Å²) in [4.78, 5) is 21.7. The van der Waals surface area contributed by atoms with Gasteiger partial charge in [0.15, 0.2) is 0 Å². The van der Waals surface area contributed by atoms with Gasteiger partial charge in [-0.1, -0.05) is 11.6 Å². The van der Waals surface area contributed by atoms with Crippen molar-refractivity contribution in [1.82, 2.24) is 5.32 Å². The van der Waals surface area contributed by atoms with E-state index in [9.17, 15) is 14.9 Å². The number of carbonyl (C=O) groups excluding carboxylic acids is 1. The standard InChI is InChI=1S/C10H9ClN2O3/c11-9-4-3-7(13(15)16)5-8(9)10(14)12-6-1-2-6/h3-6H,1-2H2,(H,12,14). The summed E-state index contributed by atoms with van der Waals surface area (Å²) in [6.07, 6.45) is 1.91. The van der Waals surface area contributed by atoms with E-state index in [0.29, 0.717) is 0 Å². The van der Waals surface area contributed by atoms with E-state index in [-0.39, 0.29) is 28.2 Å². The summed E-state index contributed by atoms with van der Waals surface area (Å²) in [6.45, 7) is 0. The Bertz CT molecular complexity index is 457. The minimum atomic E-state index is -0.551. The molecule has 84 valence electrons. The van der Waals surface area contributed by atoms with Crippen molar-refractivity contribution >= 4 is 23.2 Å². The quantitative estimate of drug-likeness (QED) is 0.650. The minimum Gasteiger partial charge on any atom is -0.349 e. The Morgan fingerprint density at radius 2 is 2.19 bits per heavy atom. The molecule has 0 aliphatic heterocycles. The van der Waals surface area contributed by atoms with Crippen LogP contribution in [0.3, 0.4) is 0 Å². The molecule has 16 heavy (non-hydrogen) atoms. The molecule has 1 N–H and O–H groups in total. The van der Waals surface area contributed by atoms with Gasteiger partial charge in [0.05, 0.1) is 15.5 Å². The highest BCUT2D eigenvalue weighted by molar-refractivity contribution is 6.33. The van der Waals surface area contributed by atoms with Crippen molar-refractivity contribution in [1.29, 1.82) is 0 Å². The molecule has 1 fully saturated rings. The van der Waals surface area contributed by atoms with Gasteiger partial charge in [0, 0.05) is 18.2 Å². The molecule has 1 aromatic rings. The summed E-state index contributed by atoms with van der Waals surface area (Å²) in [6, 6.07) is 4.03. The van der Waals surface area contributed by atoms with Crippen molar-refractivity contribution in [2.75, 3.05) is 0 Å². The number of nitrogens with zero attached hydrogens (tertiary/aromatic N) is 1. The first-order chi connectivity index (χ1) is 7.58. The molecule has 1 amide bonds. The summed E-state index contributed by atoms with van der Waals surface area (Å²) in [5.74, 6) is -0.351. The van der Waals surface area contributed by atoms with Crippen LogP contribution < -0.4 is 5.32 Å². The van der Waals surface area contributed by atoms with E-state index in [1.54, 1.807) is 0 Å². The van der Waals surface area contributed by atoms with Crippen LogP contribution >= 0.6 is 11.6 Å². The molecule has 0 radical (unpaired) electrons. The normalized spacial score (nSPS) is 14.6. The molecule has 0 heterocycles. The molecule has 0 saturated heterocycles. The maximum atomic E-state index is 11.7. The van der Waals surface area contributed by atoms with Gasteiger partial charge >= 0.3 is 0 Å². The van der Waals surface area contributed by atoms with Crippen LogP contribution in [0.4, 0.5) is 5.69 Å². The zero-order valence-corrected chi connectivity index (χ0v) is 9.03. The Morgan fingerprint density at radius 3 is 2.75 bits per heavy atom. The molecule has 1 saturated carbocycles. The van der Waals surface area contributed by atoms with Crippen LogP contribution in [0.2, 0.25) is 5.02 Å². The van der Waals surface area contributed by atoms with Crippen LogP contribution in [0.5, 0.6) is 0 Å². The second-order valence-electron chi connectivity index (χ2n) is 3.67. The lowest BCUT2D eigenvalue weighted by atomic mass is 10.2. The number of nitro groups is 1. The monoisotopic (exact) mass is 240 g/mol. The van der Waals surface area contributed by atoms with Gasteiger partial charge in [-0.3, -0.25) is 14.9 Å². The van der Waals surface area contributed by atoms with Crippen molar-refractivity contribution < 1.29 is 9.72 Å². The number of nitro benzene ring substituents is 1. The lowest BCUT2D eigenvalue weighted by Gasteiger charge is -2.04. The number of nitrogens with one attached hydrogen (secondary N) is 1. The molecule has 5 nitrogen and oxygen atoms in total. The van der Waals surface area contributed by atoms with Crippen LogP contribution in [-0.2, 0) is 0 Å².